The van der Waals surface area contributed by atoms with Gasteiger partial charge in [0.15, 0.2) is 5.65 Å². The summed E-state index contributed by atoms with van der Waals surface area (Å²) in [4.78, 5) is 19.7. The number of piperidine rings is 1. The van der Waals surface area contributed by atoms with Crippen LogP contribution < -0.4 is 0 Å². The van der Waals surface area contributed by atoms with Crippen molar-refractivity contribution in [3.63, 3.8) is 0 Å². The van der Waals surface area contributed by atoms with E-state index in [2.05, 4.69) is 23.9 Å². The number of nitrogens with zero attached hydrogens (tertiary/aromatic N) is 4. The summed E-state index contributed by atoms with van der Waals surface area (Å²) in [5.74, 6) is -0.409. The number of pyridine rings is 1. The van der Waals surface area contributed by atoms with Gasteiger partial charge in [0.25, 0.3) is 5.91 Å². The Bertz CT molecular complexity index is 1040. The summed E-state index contributed by atoms with van der Waals surface area (Å²) in [7, 11) is 0. The quantitative estimate of drug-likeness (QED) is 0.613. The zero-order valence-corrected chi connectivity index (χ0v) is 16.9. The number of carbonyl (C=O) groups excluding carboxylic acids is 1. The molecule has 0 unspecified atom stereocenters. The van der Waals surface area contributed by atoms with Gasteiger partial charge in [0.2, 0.25) is 0 Å². The van der Waals surface area contributed by atoms with Gasteiger partial charge in [-0.2, -0.15) is 5.10 Å². The highest BCUT2D eigenvalue weighted by Gasteiger charge is 2.32. The zero-order valence-electron chi connectivity index (χ0n) is 16.1. The molecule has 1 aliphatic rings. The molecule has 3 aromatic rings. The summed E-state index contributed by atoms with van der Waals surface area (Å²) in [5.41, 5.74) is 2.30. The fourth-order valence-electron chi connectivity index (χ4n) is 4.08. The van der Waals surface area contributed by atoms with Crippen LogP contribution in [0.1, 0.15) is 49.2 Å². The molecular weight excluding hydrogens is 379 g/mol. The Hall–Kier alpha value is -2.47. The molecule has 0 saturated carbocycles. The molecule has 0 aliphatic carbocycles. The van der Waals surface area contributed by atoms with Gasteiger partial charge in [0.05, 0.1) is 27.4 Å². The summed E-state index contributed by atoms with van der Waals surface area (Å²) < 4.78 is 14.9. The lowest BCUT2D eigenvalue weighted by atomic mass is 9.96. The Morgan fingerprint density at radius 3 is 2.46 bits per heavy atom. The third-order valence-electron chi connectivity index (χ3n) is 5.54. The third-order valence-corrected chi connectivity index (χ3v) is 5.93. The predicted molar refractivity (Wildman–Crippen MR) is 108 cm³/mol. The first-order valence-corrected chi connectivity index (χ1v) is 9.88. The molecule has 1 aliphatic heterocycles. The van der Waals surface area contributed by atoms with E-state index in [9.17, 15) is 9.18 Å². The molecule has 3 heterocycles. The smallest absolute Gasteiger partial charge is 0.257 e. The molecule has 0 spiro atoms. The van der Waals surface area contributed by atoms with Crippen LogP contribution >= 0.6 is 11.6 Å². The Labute approximate surface area is 168 Å². The normalized spacial score (nSPS) is 20.0. The Kier molecular flexibility index (Phi) is 4.83. The summed E-state index contributed by atoms with van der Waals surface area (Å²) >= 11 is 6.68. The van der Waals surface area contributed by atoms with Crippen molar-refractivity contribution in [2.45, 2.75) is 52.1 Å². The van der Waals surface area contributed by atoms with Gasteiger partial charge in [-0.05, 0) is 64.3 Å². The Morgan fingerprint density at radius 1 is 1.18 bits per heavy atom. The largest absolute Gasteiger partial charge is 0.333 e. The average molecular weight is 401 g/mol. The maximum Gasteiger partial charge on any atom is 0.257 e. The molecule has 1 amide bonds. The number of halogens is 2. The minimum Gasteiger partial charge on any atom is -0.333 e. The fourth-order valence-corrected chi connectivity index (χ4v) is 4.43. The molecule has 7 heteroatoms. The highest BCUT2D eigenvalue weighted by Crippen LogP contribution is 2.32. The minimum atomic E-state index is -0.319. The molecule has 1 aromatic carbocycles. The van der Waals surface area contributed by atoms with Gasteiger partial charge >= 0.3 is 0 Å². The Morgan fingerprint density at radius 2 is 1.82 bits per heavy atom. The summed E-state index contributed by atoms with van der Waals surface area (Å²) in [5, 5.41) is 5.53. The number of benzene rings is 1. The van der Waals surface area contributed by atoms with Gasteiger partial charge in [-0.1, -0.05) is 11.6 Å². The number of rotatable bonds is 2. The second-order valence-electron chi connectivity index (χ2n) is 7.50. The standard InChI is InChI=1S/C21H22ClFN4O/c1-12-5-4-6-13(2)26(12)21(28)17-11-24-20-18(19(17)22)14(3)25-27(20)16-9-7-15(23)8-10-16/h7-13H,4-6H2,1-3H3/t12-,13+. The zero-order chi connectivity index (χ0) is 20.0. The summed E-state index contributed by atoms with van der Waals surface area (Å²) in [6, 6.07) is 6.35. The molecule has 2 aromatic heterocycles. The molecule has 5 nitrogen and oxygen atoms in total. The number of hydrogen-bond acceptors (Lipinski definition) is 3. The summed E-state index contributed by atoms with van der Waals surface area (Å²) in [6.45, 7) is 5.98. The van der Waals surface area contributed by atoms with E-state index in [0.29, 0.717) is 33.0 Å². The number of fused-ring (bicyclic) bond motifs is 1. The predicted octanol–water partition coefficient (Wildman–Crippen LogP) is 4.92. The van der Waals surface area contributed by atoms with Crippen molar-refractivity contribution in [2.75, 3.05) is 0 Å². The van der Waals surface area contributed by atoms with E-state index in [4.69, 9.17) is 11.6 Å². The van der Waals surface area contributed by atoms with Crippen LogP contribution in [0.3, 0.4) is 0 Å². The van der Waals surface area contributed by atoms with E-state index in [1.165, 1.54) is 18.3 Å². The number of likely N-dealkylation sites (tertiary alicyclic amines) is 1. The maximum atomic E-state index is 13.3. The fraction of sp³-hybridized carbons (Fsp3) is 0.381. The molecular formula is C21H22ClFN4O. The number of amides is 1. The molecule has 1 fully saturated rings. The van der Waals surface area contributed by atoms with Crippen molar-refractivity contribution in [1.82, 2.24) is 19.7 Å². The van der Waals surface area contributed by atoms with Crippen LogP contribution in [0.5, 0.6) is 0 Å². The van der Waals surface area contributed by atoms with Gasteiger partial charge in [-0.15, -0.1) is 0 Å². The number of aromatic nitrogens is 3. The Balaban J connectivity index is 1.80. The number of carbonyl (C=O) groups is 1. The van der Waals surface area contributed by atoms with E-state index >= 15 is 0 Å². The minimum absolute atomic E-state index is 0.0898. The van der Waals surface area contributed by atoms with Crippen molar-refractivity contribution < 1.29 is 9.18 Å². The molecule has 2 atom stereocenters. The van der Waals surface area contributed by atoms with Crippen LogP contribution in [0.25, 0.3) is 16.7 Å². The molecule has 0 bridgehead atoms. The number of aryl methyl sites for hydroxylation is 1. The molecule has 4 rings (SSSR count). The first kappa shape index (κ1) is 18.9. The van der Waals surface area contributed by atoms with Crippen LogP contribution in [0, 0.1) is 12.7 Å². The number of hydrogen-bond donors (Lipinski definition) is 0. The van der Waals surface area contributed by atoms with E-state index < -0.39 is 0 Å². The highest BCUT2D eigenvalue weighted by atomic mass is 35.5. The van der Waals surface area contributed by atoms with Crippen molar-refractivity contribution >= 4 is 28.5 Å². The lowest BCUT2D eigenvalue weighted by Crippen LogP contribution is -2.47. The second kappa shape index (κ2) is 7.17. The lowest BCUT2D eigenvalue weighted by Gasteiger charge is -2.39. The lowest BCUT2D eigenvalue weighted by molar-refractivity contribution is 0.0510. The van der Waals surface area contributed by atoms with Gasteiger partial charge in [-0.3, -0.25) is 4.79 Å². The SMILES string of the molecule is Cc1nn(-c2ccc(F)cc2)c2ncc(C(=O)N3[C@H](C)CCC[C@@H]3C)c(Cl)c12. The maximum absolute atomic E-state index is 13.3. The van der Waals surface area contributed by atoms with E-state index in [-0.39, 0.29) is 23.8 Å². The van der Waals surface area contributed by atoms with Crippen LogP contribution in [-0.4, -0.2) is 37.7 Å². The van der Waals surface area contributed by atoms with Crippen LogP contribution in [-0.2, 0) is 0 Å². The third kappa shape index (κ3) is 3.05. The van der Waals surface area contributed by atoms with Crippen LogP contribution in [0.15, 0.2) is 30.5 Å². The second-order valence-corrected chi connectivity index (χ2v) is 7.88. The van der Waals surface area contributed by atoms with E-state index in [1.54, 1.807) is 16.8 Å². The first-order chi connectivity index (χ1) is 13.4. The van der Waals surface area contributed by atoms with Gasteiger partial charge in [0.1, 0.15) is 5.82 Å². The molecule has 1 saturated heterocycles. The van der Waals surface area contributed by atoms with Gasteiger partial charge in [0, 0.05) is 18.3 Å². The van der Waals surface area contributed by atoms with E-state index in [1.807, 2.05) is 11.8 Å². The van der Waals surface area contributed by atoms with Gasteiger partial charge in [-0.25, -0.2) is 14.1 Å². The molecule has 28 heavy (non-hydrogen) atoms. The van der Waals surface area contributed by atoms with Crippen molar-refractivity contribution in [3.05, 3.63) is 52.6 Å². The van der Waals surface area contributed by atoms with Crippen LogP contribution in [0.4, 0.5) is 4.39 Å². The van der Waals surface area contributed by atoms with E-state index in [0.717, 1.165) is 19.3 Å². The highest BCUT2D eigenvalue weighted by molar-refractivity contribution is 6.38. The summed E-state index contributed by atoms with van der Waals surface area (Å²) in [6.07, 6.45) is 4.64. The van der Waals surface area contributed by atoms with Crippen molar-refractivity contribution in [3.8, 4) is 5.69 Å². The van der Waals surface area contributed by atoms with Crippen LogP contribution in [0.2, 0.25) is 5.02 Å². The molecule has 0 radical (unpaired) electrons. The van der Waals surface area contributed by atoms with Crippen molar-refractivity contribution in [2.24, 2.45) is 0 Å². The van der Waals surface area contributed by atoms with Gasteiger partial charge < -0.3 is 4.90 Å². The molecule has 146 valence electrons. The first-order valence-electron chi connectivity index (χ1n) is 9.51. The average Bonchev–Trinajstić information content (AvgIpc) is 3.00. The topological polar surface area (TPSA) is 51.0 Å². The monoisotopic (exact) mass is 400 g/mol. The molecule has 0 N–H and O–H groups in total. The van der Waals surface area contributed by atoms with Crippen molar-refractivity contribution in [1.29, 1.82) is 0 Å².